The molecule has 4 nitrogen and oxygen atoms in total. The normalized spacial score (nSPS) is 13.9. The minimum absolute atomic E-state index is 0.169. The molecule has 1 aromatic rings. The Labute approximate surface area is 106 Å². The molecule has 0 saturated heterocycles. The maximum Gasteiger partial charge on any atom is 0.261 e. The van der Waals surface area contributed by atoms with E-state index in [0.29, 0.717) is 17.7 Å². The molecule has 0 aliphatic carbocycles. The molecule has 0 radical (unpaired) electrons. The zero-order valence-corrected chi connectivity index (χ0v) is 10.3. The SMILES string of the molecule is C=NCCCCCN1C(=O)c2ccccc2C1=O. The summed E-state index contributed by atoms with van der Waals surface area (Å²) in [6.07, 6.45) is 2.72. The fourth-order valence-corrected chi connectivity index (χ4v) is 2.11. The lowest BCUT2D eigenvalue weighted by atomic mass is 10.1. The molecule has 0 unspecified atom stereocenters. The van der Waals surface area contributed by atoms with Crippen LogP contribution >= 0.6 is 0 Å². The van der Waals surface area contributed by atoms with Gasteiger partial charge in [-0.2, -0.15) is 0 Å². The maximum absolute atomic E-state index is 12.0. The molecule has 2 amide bonds. The second-order valence-corrected chi connectivity index (χ2v) is 4.32. The van der Waals surface area contributed by atoms with E-state index in [9.17, 15) is 9.59 Å². The first kappa shape index (κ1) is 12.5. The molecule has 2 rings (SSSR count). The number of imide groups is 1. The first-order valence-electron chi connectivity index (χ1n) is 6.13. The van der Waals surface area contributed by atoms with E-state index < -0.39 is 0 Å². The molecule has 94 valence electrons. The van der Waals surface area contributed by atoms with E-state index >= 15 is 0 Å². The summed E-state index contributed by atoms with van der Waals surface area (Å²) in [5.41, 5.74) is 1.05. The molecule has 0 saturated carbocycles. The summed E-state index contributed by atoms with van der Waals surface area (Å²) in [6, 6.07) is 6.97. The van der Waals surface area contributed by atoms with Crippen molar-refractivity contribution >= 4 is 18.5 Å². The van der Waals surface area contributed by atoms with E-state index in [1.165, 1.54) is 4.90 Å². The van der Waals surface area contributed by atoms with E-state index in [1.54, 1.807) is 24.3 Å². The number of carbonyl (C=O) groups excluding carboxylic acids is 2. The predicted octanol–water partition coefficient (Wildman–Crippen LogP) is 2.15. The van der Waals surface area contributed by atoms with E-state index in [2.05, 4.69) is 11.7 Å². The van der Waals surface area contributed by atoms with Gasteiger partial charge in [0.15, 0.2) is 0 Å². The molecule has 1 heterocycles. The average molecular weight is 244 g/mol. The Bertz CT molecular complexity index is 447. The third-order valence-corrected chi connectivity index (χ3v) is 3.08. The highest BCUT2D eigenvalue weighted by Crippen LogP contribution is 2.22. The molecular formula is C14H16N2O2. The molecule has 0 atom stereocenters. The van der Waals surface area contributed by atoms with Crippen molar-refractivity contribution < 1.29 is 9.59 Å². The number of nitrogens with zero attached hydrogens (tertiary/aromatic N) is 2. The van der Waals surface area contributed by atoms with E-state index in [1.807, 2.05) is 0 Å². The minimum atomic E-state index is -0.169. The number of benzene rings is 1. The fraction of sp³-hybridized carbons (Fsp3) is 0.357. The standard InChI is InChI=1S/C14H16N2O2/c1-15-9-5-2-6-10-16-13(17)11-7-3-4-8-12(11)14(16)18/h3-4,7-8H,1-2,5-6,9-10H2. The Hall–Kier alpha value is -1.97. The van der Waals surface area contributed by atoms with E-state index in [0.717, 1.165) is 25.8 Å². The zero-order chi connectivity index (χ0) is 13.0. The van der Waals surface area contributed by atoms with Gasteiger partial charge in [0.05, 0.1) is 11.1 Å². The first-order chi connectivity index (χ1) is 8.75. The number of amides is 2. The third-order valence-electron chi connectivity index (χ3n) is 3.08. The van der Waals surface area contributed by atoms with Crippen LogP contribution in [0.2, 0.25) is 0 Å². The number of hydrogen-bond acceptors (Lipinski definition) is 3. The van der Waals surface area contributed by atoms with Crippen molar-refractivity contribution in [2.75, 3.05) is 13.1 Å². The molecular weight excluding hydrogens is 228 g/mol. The monoisotopic (exact) mass is 244 g/mol. The Morgan fingerprint density at radius 3 is 2.17 bits per heavy atom. The van der Waals surface area contributed by atoms with Gasteiger partial charge in [0.25, 0.3) is 11.8 Å². The maximum atomic E-state index is 12.0. The van der Waals surface area contributed by atoms with Crippen molar-refractivity contribution in [3.05, 3.63) is 35.4 Å². The van der Waals surface area contributed by atoms with Gasteiger partial charge in [0.2, 0.25) is 0 Å². The van der Waals surface area contributed by atoms with Gasteiger partial charge in [-0.15, -0.1) is 0 Å². The van der Waals surface area contributed by atoms with Gasteiger partial charge >= 0.3 is 0 Å². The summed E-state index contributed by atoms with van der Waals surface area (Å²) >= 11 is 0. The molecule has 1 aromatic carbocycles. The Morgan fingerprint density at radius 2 is 1.61 bits per heavy atom. The number of hydrogen-bond donors (Lipinski definition) is 0. The van der Waals surface area contributed by atoms with Crippen LogP contribution in [0.3, 0.4) is 0 Å². The topological polar surface area (TPSA) is 49.7 Å². The largest absolute Gasteiger partial charge is 0.301 e. The summed E-state index contributed by atoms with van der Waals surface area (Å²) in [5.74, 6) is -0.338. The summed E-state index contributed by atoms with van der Waals surface area (Å²) in [6.45, 7) is 4.65. The van der Waals surface area contributed by atoms with Crippen LogP contribution in [-0.2, 0) is 0 Å². The lowest BCUT2D eigenvalue weighted by molar-refractivity contribution is 0.0651. The molecule has 1 aliphatic heterocycles. The Morgan fingerprint density at radius 1 is 1.00 bits per heavy atom. The minimum Gasteiger partial charge on any atom is -0.301 e. The van der Waals surface area contributed by atoms with Gasteiger partial charge in [-0.05, 0) is 38.1 Å². The first-order valence-corrected chi connectivity index (χ1v) is 6.13. The van der Waals surface area contributed by atoms with Gasteiger partial charge in [-0.3, -0.25) is 14.5 Å². The predicted molar refractivity (Wildman–Crippen MR) is 70.1 cm³/mol. The smallest absolute Gasteiger partial charge is 0.261 e. The van der Waals surface area contributed by atoms with Crippen LogP contribution in [0, 0.1) is 0 Å². The fourth-order valence-electron chi connectivity index (χ4n) is 2.11. The highest BCUT2D eigenvalue weighted by atomic mass is 16.2. The van der Waals surface area contributed by atoms with E-state index in [-0.39, 0.29) is 11.8 Å². The van der Waals surface area contributed by atoms with Gasteiger partial charge < -0.3 is 4.99 Å². The van der Waals surface area contributed by atoms with Crippen molar-refractivity contribution in [2.24, 2.45) is 4.99 Å². The molecule has 0 bridgehead atoms. The van der Waals surface area contributed by atoms with Crippen LogP contribution in [0.1, 0.15) is 40.0 Å². The van der Waals surface area contributed by atoms with Crippen molar-refractivity contribution in [3.8, 4) is 0 Å². The van der Waals surface area contributed by atoms with Gasteiger partial charge in [0, 0.05) is 13.1 Å². The van der Waals surface area contributed by atoms with Crippen LogP contribution in [0.25, 0.3) is 0 Å². The van der Waals surface area contributed by atoms with Gasteiger partial charge in [-0.25, -0.2) is 0 Å². The lowest BCUT2D eigenvalue weighted by Crippen LogP contribution is -2.30. The number of carbonyl (C=O) groups is 2. The molecule has 0 fully saturated rings. The van der Waals surface area contributed by atoms with Crippen LogP contribution < -0.4 is 0 Å². The lowest BCUT2D eigenvalue weighted by Gasteiger charge is -2.13. The van der Waals surface area contributed by atoms with Crippen molar-refractivity contribution in [3.63, 3.8) is 0 Å². The highest BCUT2D eigenvalue weighted by molar-refractivity contribution is 6.21. The summed E-state index contributed by atoms with van der Waals surface area (Å²) in [5, 5.41) is 0. The van der Waals surface area contributed by atoms with Crippen molar-refractivity contribution in [1.82, 2.24) is 4.90 Å². The quantitative estimate of drug-likeness (QED) is 0.437. The number of aliphatic imine (C=N–C) groups is 1. The highest BCUT2D eigenvalue weighted by Gasteiger charge is 2.34. The molecule has 4 heteroatoms. The zero-order valence-electron chi connectivity index (χ0n) is 10.3. The average Bonchev–Trinajstić information content (AvgIpc) is 2.64. The second kappa shape index (κ2) is 5.58. The van der Waals surface area contributed by atoms with Crippen molar-refractivity contribution in [1.29, 1.82) is 0 Å². The Kier molecular flexibility index (Phi) is 3.87. The van der Waals surface area contributed by atoms with Crippen LogP contribution in [0.4, 0.5) is 0 Å². The molecule has 0 spiro atoms. The third kappa shape index (κ3) is 2.32. The Balaban J connectivity index is 1.94. The second-order valence-electron chi connectivity index (χ2n) is 4.32. The van der Waals surface area contributed by atoms with Crippen LogP contribution in [-0.4, -0.2) is 36.5 Å². The number of fused-ring (bicyclic) bond motifs is 1. The summed E-state index contributed by atoms with van der Waals surface area (Å²) in [7, 11) is 0. The van der Waals surface area contributed by atoms with Crippen LogP contribution in [0.15, 0.2) is 29.3 Å². The summed E-state index contributed by atoms with van der Waals surface area (Å²) < 4.78 is 0. The molecule has 0 N–H and O–H groups in total. The molecule has 1 aliphatic rings. The molecule has 18 heavy (non-hydrogen) atoms. The number of unbranched alkanes of at least 4 members (excludes halogenated alkanes) is 2. The summed E-state index contributed by atoms with van der Waals surface area (Å²) in [4.78, 5) is 29.1. The van der Waals surface area contributed by atoms with Crippen LogP contribution in [0.5, 0.6) is 0 Å². The van der Waals surface area contributed by atoms with E-state index in [4.69, 9.17) is 0 Å². The van der Waals surface area contributed by atoms with Crippen molar-refractivity contribution in [2.45, 2.75) is 19.3 Å². The van der Waals surface area contributed by atoms with Gasteiger partial charge in [-0.1, -0.05) is 12.1 Å². The number of rotatable bonds is 6. The molecule has 0 aromatic heterocycles. The van der Waals surface area contributed by atoms with Gasteiger partial charge in [0.1, 0.15) is 0 Å².